The maximum Gasteiger partial charge on any atom is 0.335 e. The molecular weight excluding hydrogens is 494 g/mol. The first-order valence-electron chi connectivity index (χ1n) is 13.3. The van der Waals surface area contributed by atoms with Crippen molar-refractivity contribution in [1.29, 1.82) is 0 Å². The Kier molecular flexibility index (Phi) is 8.46. The quantitative estimate of drug-likeness (QED) is 0.371. The van der Waals surface area contributed by atoms with Crippen LogP contribution in [0.1, 0.15) is 84.9 Å². The number of hydrogen-bond donors (Lipinski definition) is 1. The summed E-state index contributed by atoms with van der Waals surface area (Å²) in [6, 6.07) is 13.0. The SMILES string of the molecule is CC(C)(C)OC(=O)C1=C(CN)c2ccc(OC(=O)C(C)(C)C)c(OC(=O)C(C)(C)C)c2CC1c1ccccc1. The molecule has 7 heteroatoms. The second-order valence-corrected chi connectivity index (χ2v) is 13.0. The molecule has 39 heavy (non-hydrogen) atoms. The first-order chi connectivity index (χ1) is 17.9. The molecule has 0 heterocycles. The summed E-state index contributed by atoms with van der Waals surface area (Å²) in [6.07, 6.45) is 0.311. The predicted molar refractivity (Wildman–Crippen MR) is 151 cm³/mol. The smallest absolute Gasteiger partial charge is 0.335 e. The lowest BCUT2D eigenvalue weighted by atomic mass is 9.75. The van der Waals surface area contributed by atoms with E-state index in [1.54, 1.807) is 53.7 Å². The van der Waals surface area contributed by atoms with Gasteiger partial charge in [-0.1, -0.05) is 36.4 Å². The Morgan fingerprint density at radius 3 is 1.90 bits per heavy atom. The number of ether oxygens (including phenoxy) is 3. The van der Waals surface area contributed by atoms with E-state index in [1.807, 2.05) is 51.1 Å². The Balaban J connectivity index is 2.31. The minimum atomic E-state index is -0.810. The number of benzene rings is 2. The van der Waals surface area contributed by atoms with Crippen molar-refractivity contribution in [2.45, 2.75) is 80.3 Å². The summed E-state index contributed by atoms with van der Waals surface area (Å²) in [6.45, 7) is 16.0. The Hall–Kier alpha value is -3.45. The van der Waals surface area contributed by atoms with Gasteiger partial charge in [-0.3, -0.25) is 9.59 Å². The molecule has 210 valence electrons. The molecule has 2 N–H and O–H groups in total. The van der Waals surface area contributed by atoms with E-state index >= 15 is 0 Å². The van der Waals surface area contributed by atoms with Crippen LogP contribution in [0.3, 0.4) is 0 Å². The largest absolute Gasteiger partial charge is 0.457 e. The molecule has 0 fully saturated rings. The van der Waals surface area contributed by atoms with Gasteiger partial charge < -0.3 is 19.9 Å². The van der Waals surface area contributed by atoms with Crippen molar-refractivity contribution in [3.63, 3.8) is 0 Å². The highest BCUT2D eigenvalue weighted by Gasteiger charge is 2.38. The van der Waals surface area contributed by atoms with Crippen molar-refractivity contribution in [3.8, 4) is 11.5 Å². The first-order valence-corrected chi connectivity index (χ1v) is 13.3. The van der Waals surface area contributed by atoms with Crippen LogP contribution in [0.4, 0.5) is 0 Å². The van der Waals surface area contributed by atoms with Crippen LogP contribution in [0.25, 0.3) is 5.57 Å². The lowest BCUT2D eigenvalue weighted by Crippen LogP contribution is -2.32. The normalized spacial score (nSPS) is 15.9. The lowest BCUT2D eigenvalue weighted by Gasteiger charge is -2.33. The Labute approximate surface area is 231 Å². The van der Waals surface area contributed by atoms with Crippen molar-refractivity contribution >= 4 is 23.5 Å². The van der Waals surface area contributed by atoms with Gasteiger partial charge in [0.05, 0.1) is 16.4 Å². The monoisotopic (exact) mass is 535 g/mol. The molecule has 0 aliphatic heterocycles. The molecule has 0 saturated carbocycles. The minimum absolute atomic E-state index is 0.0543. The number of rotatable bonds is 5. The number of hydrogen-bond acceptors (Lipinski definition) is 7. The lowest BCUT2D eigenvalue weighted by molar-refractivity contribution is -0.150. The summed E-state index contributed by atoms with van der Waals surface area (Å²) < 4.78 is 17.6. The molecule has 0 radical (unpaired) electrons. The van der Waals surface area contributed by atoms with Crippen LogP contribution in [0.2, 0.25) is 0 Å². The van der Waals surface area contributed by atoms with Crippen LogP contribution < -0.4 is 15.2 Å². The molecule has 0 saturated heterocycles. The average Bonchev–Trinajstić information content (AvgIpc) is 2.82. The van der Waals surface area contributed by atoms with Crippen LogP contribution in [-0.2, 0) is 25.5 Å². The zero-order chi connectivity index (χ0) is 29.3. The van der Waals surface area contributed by atoms with Gasteiger partial charge in [-0.25, -0.2) is 4.79 Å². The van der Waals surface area contributed by atoms with Crippen molar-refractivity contribution in [2.75, 3.05) is 6.54 Å². The topological polar surface area (TPSA) is 105 Å². The number of esters is 3. The van der Waals surface area contributed by atoms with Crippen molar-refractivity contribution in [3.05, 3.63) is 64.7 Å². The van der Waals surface area contributed by atoms with Gasteiger partial charge in [-0.2, -0.15) is 0 Å². The van der Waals surface area contributed by atoms with E-state index in [9.17, 15) is 14.4 Å². The fourth-order valence-corrected chi connectivity index (χ4v) is 4.23. The van der Waals surface area contributed by atoms with Crippen LogP contribution in [-0.4, -0.2) is 30.1 Å². The summed E-state index contributed by atoms with van der Waals surface area (Å²) in [4.78, 5) is 39.6. The Bertz CT molecular complexity index is 1290. The maximum absolute atomic E-state index is 13.6. The molecule has 7 nitrogen and oxygen atoms in total. The van der Waals surface area contributed by atoms with E-state index < -0.39 is 40.3 Å². The van der Waals surface area contributed by atoms with E-state index in [0.717, 1.165) is 5.56 Å². The van der Waals surface area contributed by atoms with E-state index in [4.69, 9.17) is 19.9 Å². The van der Waals surface area contributed by atoms with E-state index in [-0.39, 0.29) is 18.0 Å². The third-order valence-electron chi connectivity index (χ3n) is 6.28. The summed E-state index contributed by atoms with van der Waals surface area (Å²) in [5.41, 5.74) is 7.27. The molecule has 0 amide bonds. The molecule has 1 aliphatic rings. The fraction of sp³-hybridized carbons (Fsp3) is 0.469. The number of nitrogens with two attached hydrogens (primary N) is 1. The molecule has 1 aliphatic carbocycles. The van der Waals surface area contributed by atoms with E-state index in [2.05, 4.69) is 0 Å². The molecule has 1 atom stereocenters. The third kappa shape index (κ3) is 6.95. The van der Waals surface area contributed by atoms with Crippen molar-refractivity contribution in [2.24, 2.45) is 16.6 Å². The molecule has 0 bridgehead atoms. The molecule has 3 rings (SSSR count). The van der Waals surface area contributed by atoms with Crippen LogP contribution in [0.15, 0.2) is 48.0 Å². The summed E-state index contributed by atoms with van der Waals surface area (Å²) in [5, 5.41) is 0. The van der Waals surface area contributed by atoms with Gasteiger partial charge in [0.25, 0.3) is 0 Å². The second-order valence-electron chi connectivity index (χ2n) is 13.0. The zero-order valence-corrected chi connectivity index (χ0v) is 24.6. The van der Waals surface area contributed by atoms with Gasteiger partial charge in [0.2, 0.25) is 0 Å². The highest BCUT2D eigenvalue weighted by Crippen LogP contribution is 2.47. The van der Waals surface area contributed by atoms with Gasteiger partial charge in [0.15, 0.2) is 11.5 Å². The molecule has 0 aromatic heterocycles. The maximum atomic E-state index is 13.6. The van der Waals surface area contributed by atoms with E-state index in [1.165, 1.54) is 0 Å². The molecule has 1 unspecified atom stereocenters. The highest BCUT2D eigenvalue weighted by atomic mass is 16.6. The van der Waals surface area contributed by atoms with Gasteiger partial charge in [0, 0.05) is 18.0 Å². The third-order valence-corrected chi connectivity index (χ3v) is 6.28. The van der Waals surface area contributed by atoms with Crippen molar-refractivity contribution in [1.82, 2.24) is 0 Å². The molecule has 2 aromatic rings. The Morgan fingerprint density at radius 2 is 1.38 bits per heavy atom. The molecule has 2 aromatic carbocycles. The standard InChI is InChI=1S/C32H41NO6/c1-30(2,3)28(35)37-24-16-15-20-22(26(24)38-29(36)31(4,5)6)17-21(19-13-11-10-12-14-19)25(23(20)18-33)27(34)39-32(7,8)9/h10-16,21H,17-18,33H2,1-9H3. The van der Waals surface area contributed by atoms with Crippen LogP contribution in [0.5, 0.6) is 11.5 Å². The first kappa shape index (κ1) is 30.1. The van der Waals surface area contributed by atoms with Gasteiger partial charge >= 0.3 is 17.9 Å². The highest BCUT2D eigenvalue weighted by molar-refractivity contribution is 6.02. The molecular formula is C32H41NO6. The van der Waals surface area contributed by atoms with Crippen molar-refractivity contribution < 1.29 is 28.6 Å². The van der Waals surface area contributed by atoms with Gasteiger partial charge in [-0.15, -0.1) is 0 Å². The fourth-order valence-electron chi connectivity index (χ4n) is 4.23. The second kappa shape index (κ2) is 11.0. The summed E-state index contributed by atoms with van der Waals surface area (Å²) in [5.74, 6) is -1.49. The van der Waals surface area contributed by atoms with Gasteiger partial charge in [0.1, 0.15) is 5.60 Å². The molecule has 0 spiro atoms. The minimum Gasteiger partial charge on any atom is -0.457 e. The zero-order valence-electron chi connectivity index (χ0n) is 24.6. The predicted octanol–water partition coefficient (Wildman–Crippen LogP) is 5.98. The van der Waals surface area contributed by atoms with Crippen LogP contribution in [0, 0.1) is 10.8 Å². The number of carbonyl (C=O) groups is 3. The van der Waals surface area contributed by atoms with Crippen LogP contribution >= 0.6 is 0 Å². The summed E-state index contributed by atoms with van der Waals surface area (Å²) >= 11 is 0. The summed E-state index contributed by atoms with van der Waals surface area (Å²) in [7, 11) is 0. The van der Waals surface area contributed by atoms with Gasteiger partial charge in [-0.05, 0) is 91.5 Å². The number of fused-ring (bicyclic) bond motifs is 1. The Morgan fingerprint density at radius 1 is 0.821 bits per heavy atom. The van der Waals surface area contributed by atoms with E-state index in [0.29, 0.717) is 28.7 Å². The number of carbonyl (C=O) groups excluding carboxylic acids is 3. The average molecular weight is 536 g/mol.